The lowest BCUT2D eigenvalue weighted by atomic mass is 10.2. The van der Waals surface area contributed by atoms with Crippen LogP contribution in [0.15, 0.2) is 71.6 Å². The molecule has 1 heterocycles. The fraction of sp³-hybridized carbons (Fsp3) is 0.0417. The molecule has 0 saturated carbocycles. The van der Waals surface area contributed by atoms with E-state index in [1.807, 2.05) is 0 Å². The topological polar surface area (TPSA) is 58.6 Å². The van der Waals surface area contributed by atoms with Crippen molar-refractivity contribution in [2.45, 2.75) is 0 Å². The summed E-state index contributed by atoms with van der Waals surface area (Å²) in [5, 5.41) is 3.48. The summed E-state index contributed by atoms with van der Waals surface area (Å²) < 4.78 is 19.1. The average Bonchev–Trinajstić information content (AvgIpc) is 3.06. The molecule has 1 fully saturated rings. The van der Waals surface area contributed by atoms with Gasteiger partial charge in [-0.25, -0.2) is 4.39 Å². The third-order valence-corrected chi connectivity index (χ3v) is 6.31. The molecule has 1 saturated heterocycles. The minimum Gasteiger partial charge on any atom is -0.484 e. The Morgan fingerprint density at radius 1 is 1.06 bits per heavy atom. The van der Waals surface area contributed by atoms with Gasteiger partial charge in [0.25, 0.3) is 11.8 Å². The van der Waals surface area contributed by atoms with E-state index in [-0.39, 0.29) is 18.4 Å². The van der Waals surface area contributed by atoms with Crippen LogP contribution in [0.25, 0.3) is 6.08 Å². The van der Waals surface area contributed by atoms with Crippen molar-refractivity contribution < 1.29 is 18.7 Å². The highest BCUT2D eigenvalue weighted by Gasteiger charge is 2.33. The van der Waals surface area contributed by atoms with Crippen molar-refractivity contribution in [3.05, 3.63) is 93.1 Å². The molecule has 4 rings (SSSR count). The van der Waals surface area contributed by atoms with Crippen molar-refractivity contribution in [2.75, 3.05) is 16.8 Å². The number of amides is 2. The molecule has 0 aliphatic carbocycles. The predicted molar refractivity (Wildman–Crippen MR) is 139 cm³/mol. The summed E-state index contributed by atoms with van der Waals surface area (Å²) in [6.07, 6.45) is 1.71. The molecule has 1 N–H and O–H groups in total. The van der Waals surface area contributed by atoms with Gasteiger partial charge < -0.3 is 10.1 Å². The van der Waals surface area contributed by atoms with E-state index in [2.05, 4.69) is 5.32 Å². The van der Waals surface area contributed by atoms with Gasteiger partial charge in [0.2, 0.25) is 0 Å². The monoisotopic (exact) mass is 532 g/mol. The first-order chi connectivity index (χ1) is 16.3. The molecule has 2 amide bonds. The minimum absolute atomic E-state index is 0.209. The third kappa shape index (κ3) is 5.95. The van der Waals surface area contributed by atoms with E-state index in [1.165, 1.54) is 40.9 Å². The Balaban J connectivity index is 1.37. The van der Waals surface area contributed by atoms with Crippen molar-refractivity contribution in [1.29, 1.82) is 0 Å². The van der Waals surface area contributed by atoms with Crippen molar-refractivity contribution in [3.8, 4) is 5.75 Å². The summed E-state index contributed by atoms with van der Waals surface area (Å²) in [6, 6.07) is 17.2. The average molecular weight is 533 g/mol. The smallest absolute Gasteiger partial charge is 0.270 e. The van der Waals surface area contributed by atoms with E-state index < -0.39 is 5.82 Å². The second kappa shape index (κ2) is 10.6. The lowest BCUT2D eigenvalue weighted by Crippen LogP contribution is -2.27. The minimum atomic E-state index is -0.390. The maximum Gasteiger partial charge on any atom is 0.270 e. The van der Waals surface area contributed by atoms with Gasteiger partial charge in [0, 0.05) is 15.7 Å². The van der Waals surface area contributed by atoms with Crippen LogP contribution in [0.3, 0.4) is 0 Å². The van der Waals surface area contributed by atoms with Crippen LogP contribution in [0.5, 0.6) is 5.75 Å². The van der Waals surface area contributed by atoms with Gasteiger partial charge in [-0.2, -0.15) is 0 Å². The first-order valence-electron chi connectivity index (χ1n) is 9.81. The van der Waals surface area contributed by atoms with E-state index in [1.54, 1.807) is 48.5 Å². The molecule has 0 atom stereocenters. The van der Waals surface area contributed by atoms with Gasteiger partial charge in [-0.05, 0) is 66.2 Å². The molecule has 3 aromatic rings. The number of nitrogens with zero attached hydrogens (tertiary/aromatic N) is 1. The summed E-state index contributed by atoms with van der Waals surface area (Å²) in [6.45, 7) is -0.209. The van der Waals surface area contributed by atoms with E-state index in [9.17, 15) is 14.0 Å². The van der Waals surface area contributed by atoms with Crippen LogP contribution in [-0.2, 0) is 9.59 Å². The summed E-state index contributed by atoms with van der Waals surface area (Å²) in [7, 11) is 0. The van der Waals surface area contributed by atoms with Crippen LogP contribution in [0, 0.1) is 5.82 Å². The molecule has 1 aliphatic rings. The molecule has 172 valence electrons. The van der Waals surface area contributed by atoms with E-state index in [0.29, 0.717) is 36.4 Å². The molecular weight excluding hydrogens is 518 g/mol. The molecular formula is C24H15Cl2FN2O3S2. The lowest BCUT2D eigenvalue weighted by molar-refractivity contribution is -0.118. The molecule has 10 heteroatoms. The van der Waals surface area contributed by atoms with Crippen LogP contribution in [-0.4, -0.2) is 22.7 Å². The summed E-state index contributed by atoms with van der Waals surface area (Å²) in [5.74, 6) is -0.555. The van der Waals surface area contributed by atoms with Crippen LogP contribution in [0.1, 0.15) is 5.56 Å². The number of halogens is 3. The number of carbonyl (C=O) groups excluding carboxylic acids is 2. The van der Waals surface area contributed by atoms with Crippen molar-refractivity contribution in [2.24, 2.45) is 0 Å². The number of rotatable bonds is 6. The Bertz CT molecular complexity index is 1280. The first-order valence-corrected chi connectivity index (χ1v) is 11.8. The Morgan fingerprint density at radius 3 is 2.35 bits per heavy atom. The number of thiocarbonyl (C=S) groups is 1. The number of hydrogen-bond donors (Lipinski definition) is 1. The van der Waals surface area contributed by atoms with Gasteiger partial charge in [0.15, 0.2) is 10.9 Å². The Hall–Kier alpha value is -2.91. The van der Waals surface area contributed by atoms with Crippen LogP contribution >= 0.6 is 47.2 Å². The predicted octanol–water partition coefficient (Wildman–Crippen LogP) is 6.56. The summed E-state index contributed by atoms with van der Waals surface area (Å²) in [5.41, 5.74) is 1.73. The second-order valence-corrected chi connectivity index (χ2v) is 9.61. The van der Waals surface area contributed by atoms with Gasteiger partial charge in [0.1, 0.15) is 11.6 Å². The van der Waals surface area contributed by atoms with E-state index in [4.69, 9.17) is 40.2 Å². The molecule has 1 aliphatic heterocycles. The first kappa shape index (κ1) is 24.2. The maximum absolute atomic E-state index is 13.2. The van der Waals surface area contributed by atoms with Gasteiger partial charge in [-0.3, -0.25) is 14.5 Å². The summed E-state index contributed by atoms with van der Waals surface area (Å²) >= 11 is 18.3. The molecule has 0 radical (unpaired) electrons. The Labute approximate surface area is 214 Å². The molecule has 5 nitrogen and oxygen atoms in total. The van der Waals surface area contributed by atoms with E-state index >= 15 is 0 Å². The van der Waals surface area contributed by atoms with E-state index in [0.717, 1.165) is 5.56 Å². The highest BCUT2D eigenvalue weighted by molar-refractivity contribution is 8.27. The highest BCUT2D eigenvalue weighted by atomic mass is 35.5. The molecule has 0 aromatic heterocycles. The molecule has 0 spiro atoms. The highest BCUT2D eigenvalue weighted by Crippen LogP contribution is 2.36. The van der Waals surface area contributed by atoms with Crippen molar-refractivity contribution in [3.63, 3.8) is 0 Å². The van der Waals surface area contributed by atoms with Gasteiger partial charge >= 0.3 is 0 Å². The van der Waals surface area contributed by atoms with Crippen LogP contribution < -0.4 is 15.0 Å². The molecule has 34 heavy (non-hydrogen) atoms. The molecule has 0 unspecified atom stereocenters. The number of carbonyl (C=O) groups is 2. The fourth-order valence-electron chi connectivity index (χ4n) is 3.06. The number of ether oxygens (including phenoxy) is 1. The maximum atomic E-state index is 13.2. The van der Waals surface area contributed by atoms with Crippen molar-refractivity contribution in [1.82, 2.24) is 0 Å². The second-order valence-electron chi connectivity index (χ2n) is 7.06. The standard InChI is InChI=1S/C24H15Cl2FN2O3S2/c25-15-10-16(26)12-18(11-15)28-22(30)13-32-20-7-1-14(2-8-20)9-21-23(31)29(24(33)34-21)19-5-3-17(27)4-6-19/h1-12H,13H2,(H,28,30)/b21-9-. The Kier molecular flexibility index (Phi) is 7.53. The normalized spacial score (nSPS) is 14.6. The van der Waals surface area contributed by atoms with Crippen LogP contribution in [0.2, 0.25) is 10.0 Å². The Morgan fingerprint density at radius 2 is 1.71 bits per heavy atom. The largest absolute Gasteiger partial charge is 0.484 e. The zero-order valence-electron chi connectivity index (χ0n) is 17.3. The van der Waals surface area contributed by atoms with Crippen LogP contribution in [0.4, 0.5) is 15.8 Å². The third-order valence-electron chi connectivity index (χ3n) is 4.57. The quantitative estimate of drug-likeness (QED) is 0.288. The SMILES string of the molecule is O=C(COc1ccc(/C=C2\SC(=S)N(c3ccc(F)cc3)C2=O)cc1)Nc1cc(Cl)cc(Cl)c1. The molecule has 3 aromatic carbocycles. The number of anilines is 2. The van der Waals surface area contributed by atoms with Crippen molar-refractivity contribution >= 4 is 80.8 Å². The number of hydrogen-bond acceptors (Lipinski definition) is 5. The number of nitrogens with one attached hydrogen (secondary N) is 1. The zero-order chi connectivity index (χ0) is 24.2. The van der Waals surface area contributed by atoms with Gasteiger partial charge in [-0.1, -0.05) is 59.3 Å². The fourth-order valence-corrected chi connectivity index (χ4v) is 4.89. The number of benzene rings is 3. The molecule has 0 bridgehead atoms. The lowest BCUT2D eigenvalue weighted by Gasteiger charge is -2.14. The number of thioether (sulfide) groups is 1. The van der Waals surface area contributed by atoms with Gasteiger partial charge in [-0.15, -0.1) is 0 Å². The summed E-state index contributed by atoms with van der Waals surface area (Å²) in [4.78, 5) is 26.8. The van der Waals surface area contributed by atoms with Gasteiger partial charge in [0.05, 0.1) is 10.6 Å². The zero-order valence-corrected chi connectivity index (χ0v) is 20.4.